The van der Waals surface area contributed by atoms with E-state index in [1.807, 2.05) is 47.1 Å². The molecule has 0 spiro atoms. The van der Waals surface area contributed by atoms with Gasteiger partial charge in [-0.1, -0.05) is 29.8 Å². The number of fused-ring (bicyclic) bond motifs is 2. The van der Waals surface area contributed by atoms with Crippen molar-refractivity contribution in [3.63, 3.8) is 0 Å². The van der Waals surface area contributed by atoms with Gasteiger partial charge in [0.1, 0.15) is 28.5 Å². The van der Waals surface area contributed by atoms with Crippen LogP contribution in [0, 0.1) is 0 Å². The Morgan fingerprint density at radius 2 is 2.08 bits per heavy atom. The van der Waals surface area contributed by atoms with Crippen molar-refractivity contribution in [2.75, 3.05) is 19.0 Å². The van der Waals surface area contributed by atoms with Crippen molar-refractivity contribution < 1.29 is 9.15 Å². The molecule has 5 nitrogen and oxygen atoms in total. The molecule has 0 fully saturated rings. The molecule has 1 aliphatic rings. The molecule has 5 rings (SSSR count). The molecule has 4 aromatic rings. The Bertz CT molecular complexity index is 1100. The Labute approximate surface area is 155 Å². The summed E-state index contributed by atoms with van der Waals surface area (Å²) in [5, 5.41) is 9.96. The molecule has 6 heteroatoms. The molecule has 0 atom stereocenters. The van der Waals surface area contributed by atoms with Crippen LogP contribution in [0.15, 0.2) is 52.9 Å². The average Bonchev–Trinajstić information content (AvgIpc) is 3.35. The van der Waals surface area contributed by atoms with Gasteiger partial charge >= 0.3 is 0 Å². The van der Waals surface area contributed by atoms with Gasteiger partial charge in [-0.2, -0.15) is 5.10 Å². The Morgan fingerprint density at radius 3 is 2.92 bits per heavy atom. The summed E-state index contributed by atoms with van der Waals surface area (Å²) in [5.41, 5.74) is 3.65. The summed E-state index contributed by atoms with van der Waals surface area (Å²) in [6.07, 6.45) is 0.893. The molecule has 130 valence electrons. The van der Waals surface area contributed by atoms with Gasteiger partial charge in [0.15, 0.2) is 5.76 Å². The van der Waals surface area contributed by atoms with E-state index in [9.17, 15) is 0 Å². The first-order valence-corrected chi connectivity index (χ1v) is 8.81. The van der Waals surface area contributed by atoms with Crippen LogP contribution in [-0.4, -0.2) is 23.4 Å². The molecule has 1 aliphatic heterocycles. The monoisotopic (exact) mass is 365 g/mol. The molecular formula is C20H16ClN3O2. The zero-order valence-electron chi connectivity index (χ0n) is 14.1. The van der Waals surface area contributed by atoms with Gasteiger partial charge in [-0.15, -0.1) is 0 Å². The molecule has 0 saturated carbocycles. The molecule has 0 amide bonds. The Hall–Kier alpha value is -2.92. The maximum Gasteiger partial charge on any atom is 0.156 e. The number of nitrogens with one attached hydrogen (secondary N) is 1. The van der Waals surface area contributed by atoms with Crippen molar-refractivity contribution in [2.24, 2.45) is 0 Å². The molecule has 0 aliphatic carbocycles. The Balaban J connectivity index is 1.72. The van der Waals surface area contributed by atoms with Gasteiger partial charge in [0.25, 0.3) is 0 Å². The van der Waals surface area contributed by atoms with E-state index in [4.69, 9.17) is 25.9 Å². The quantitative estimate of drug-likeness (QED) is 0.560. The Kier molecular flexibility index (Phi) is 3.43. The molecule has 2 aromatic carbocycles. The van der Waals surface area contributed by atoms with E-state index in [0.29, 0.717) is 10.8 Å². The summed E-state index contributed by atoms with van der Waals surface area (Å²) >= 11 is 6.22. The van der Waals surface area contributed by atoms with Crippen LogP contribution < -0.4 is 10.1 Å². The van der Waals surface area contributed by atoms with E-state index in [1.54, 1.807) is 13.2 Å². The van der Waals surface area contributed by atoms with Crippen LogP contribution in [0.5, 0.6) is 5.75 Å². The van der Waals surface area contributed by atoms with Crippen molar-refractivity contribution in [1.82, 2.24) is 9.78 Å². The first-order valence-electron chi connectivity index (χ1n) is 8.43. The number of furan rings is 1. The number of benzene rings is 2. The molecule has 2 aromatic heterocycles. The number of aromatic nitrogens is 2. The lowest BCUT2D eigenvalue weighted by Crippen LogP contribution is -2.05. The number of hydrogen-bond acceptors (Lipinski definition) is 4. The van der Waals surface area contributed by atoms with Crippen LogP contribution in [0.4, 0.5) is 5.82 Å². The summed E-state index contributed by atoms with van der Waals surface area (Å²) in [5.74, 6) is 2.44. The normalized spacial score (nSPS) is 13.0. The second-order valence-corrected chi connectivity index (χ2v) is 6.67. The minimum Gasteiger partial charge on any atom is -0.494 e. The highest BCUT2D eigenvalue weighted by Crippen LogP contribution is 2.39. The second kappa shape index (κ2) is 5.81. The van der Waals surface area contributed by atoms with Gasteiger partial charge in [-0.05, 0) is 36.8 Å². The number of methoxy groups -OCH3 is 1. The largest absolute Gasteiger partial charge is 0.494 e. The van der Waals surface area contributed by atoms with E-state index < -0.39 is 0 Å². The molecule has 0 unspecified atom stereocenters. The summed E-state index contributed by atoms with van der Waals surface area (Å²) in [7, 11) is 1.64. The van der Waals surface area contributed by atoms with Gasteiger partial charge in [-0.3, -0.25) is 0 Å². The Morgan fingerprint density at radius 1 is 1.19 bits per heavy atom. The zero-order chi connectivity index (χ0) is 17.7. The number of hydrogen-bond donors (Lipinski definition) is 1. The number of nitrogens with zero attached hydrogens (tertiary/aromatic N) is 2. The number of anilines is 1. The molecule has 0 radical (unpaired) electrons. The van der Waals surface area contributed by atoms with Gasteiger partial charge < -0.3 is 14.5 Å². The molecular weight excluding hydrogens is 350 g/mol. The number of rotatable bonds is 3. The fourth-order valence-electron chi connectivity index (χ4n) is 3.47. The maximum atomic E-state index is 6.22. The van der Waals surface area contributed by atoms with Crippen molar-refractivity contribution in [3.05, 3.63) is 59.1 Å². The number of ether oxygens (including phenoxy) is 1. The molecule has 0 bridgehead atoms. The minimum atomic E-state index is 0.633. The molecule has 3 heterocycles. The molecule has 1 N–H and O–H groups in total. The van der Waals surface area contributed by atoms with Crippen molar-refractivity contribution >= 4 is 28.4 Å². The maximum absolute atomic E-state index is 6.22. The minimum absolute atomic E-state index is 0.633. The van der Waals surface area contributed by atoms with Crippen LogP contribution in [0.3, 0.4) is 0 Å². The number of para-hydroxylation sites is 1. The topological polar surface area (TPSA) is 52.2 Å². The highest BCUT2D eigenvalue weighted by molar-refractivity contribution is 6.30. The van der Waals surface area contributed by atoms with Crippen LogP contribution in [0.25, 0.3) is 28.1 Å². The van der Waals surface area contributed by atoms with E-state index in [-0.39, 0.29) is 0 Å². The van der Waals surface area contributed by atoms with Crippen LogP contribution in [0.2, 0.25) is 5.02 Å². The number of halogens is 1. The first-order chi connectivity index (χ1) is 12.7. The lowest BCUT2D eigenvalue weighted by atomic mass is 10.1. The van der Waals surface area contributed by atoms with Crippen molar-refractivity contribution in [2.45, 2.75) is 6.42 Å². The summed E-state index contributed by atoms with van der Waals surface area (Å²) in [6, 6.07) is 15.5. The standard InChI is InChI=1S/C20H16ClN3O2/c1-25-17-7-6-13(21)11-15(17)24-20-14(8-9-22-20)19(23-24)18-10-12-4-2-3-5-16(12)26-18/h2-7,10-11,22H,8-9H2,1H3. The van der Waals surface area contributed by atoms with E-state index in [2.05, 4.69) is 5.32 Å². The van der Waals surface area contributed by atoms with Crippen LogP contribution >= 0.6 is 11.6 Å². The first kappa shape index (κ1) is 15.3. The van der Waals surface area contributed by atoms with Gasteiger partial charge in [0, 0.05) is 22.5 Å². The van der Waals surface area contributed by atoms with Crippen LogP contribution in [-0.2, 0) is 6.42 Å². The third kappa shape index (κ3) is 2.28. The predicted molar refractivity (Wildman–Crippen MR) is 103 cm³/mol. The van der Waals surface area contributed by atoms with Gasteiger partial charge in [0.05, 0.1) is 7.11 Å². The highest BCUT2D eigenvalue weighted by atomic mass is 35.5. The highest BCUT2D eigenvalue weighted by Gasteiger charge is 2.27. The van der Waals surface area contributed by atoms with Gasteiger partial charge in [0.2, 0.25) is 0 Å². The summed E-state index contributed by atoms with van der Waals surface area (Å²) in [4.78, 5) is 0. The fourth-order valence-corrected chi connectivity index (χ4v) is 3.64. The van der Waals surface area contributed by atoms with Gasteiger partial charge in [-0.25, -0.2) is 4.68 Å². The summed E-state index contributed by atoms with van der Waals surface area (Å²) < 4.78 is 13.4. The van der Waals surface area contributed by atoms with Crippen LogP contribution in [0.1, 0.15) is 5.56 Å². The smallest absolute Gasteiger partial charge is 0.156 e. The lowest BCUT2D eigenvalue weighted by molar-refractivity contribution is 0.412. The zero-order valence-corrected chi connectivity index (χ0v) is 14.9. The van der Waals surface area contributed by atoms with E-state index >= 15 is 0 Å². The van der Waals surface area contributed by atoms with E-state index in [1.165, 1.54) is 0 Å². The van der Waals surface area contributed by atoms with Crippen molar-refractivity contribution in [3.8, 4) is 22.9 Å². The SMILES string of the molecule is COc1ccc(Cl)cc1-n1nc(-c2cc3ccccc3o2)c2c1NCC2. The second-order valence-electron chi connectivity index (χ2n) is 6.23. The molecule has 0 saturated heterocycles. The fraction of sp³-hybridized carbons (Fsp3) is 0.150. The molecule has 26 heavy (non-hydrogen) atoms. The lowest BCUT2D eigenvalue weighted by Gasteiger charge is -2.11. The average molecular weight is 366 g/mol. The van der Waals surface area contributed by atoms with Crippen molar-refractivity contribution in [1.29, 1.82) is 0 Å². The summed E-state index contributed by atoms with van der Waals surface area (Å²) in [6.45, 7) is 0.864. The predicted octanol–water partition coefficient (Wildman–Crippen LogP) is 4.92. The van der Waals surface area contributed by atoms with E-state index in [0.717, 1.165) is 52.5 Å². The third-order valence-electron chi connectivity index (χ3n) is 4.68. The third-order valence-corrected chi connectivity index (χ3v) is 4.91.